The second-order valence-corrected chi connectivity index (χ2v) is 3.27. The lowest BCUT2D eigenvalue weighted by Crippen LogP contribution is -2.35. The van der Waals surface area contributed by atoms with Gasteiger partial charge in [0.05, 0.1) is 5.56 Å². The van der Waals surface area contributed by atoms with Crippen LogP contribution in [0.1, 0.15) is 5.56 Å². The van der Waals surface area contributed by atoms with Crippen LogP contribution in [0.4, 0.5) is 10.6 Å². The van der Waals surface area contributed by atoms with E-state index in [2.05, 4.69) is 22.9 Å². The van der Waals surface area contributed by atoms with E-state index in [-0.39, 0.29) is 6.03 Å². The van der Waals surface area contributed by atoms with Gasteiger partial charge in [-0.2, -0.15) is 5.26 Å². The number of nitrogens with one attached hydrogen (secondary N) is 1. The van der Waals surface area contributed by atoms with Crippen LogP contribution in [0.3, 0.4) is 0 Å². The van der Waals surface area contributed by atoms with Gasteiger partial charge in [0, 0.05) is 31.3 Å². The highest BCUT2D eigenvalue weighted by Gasteiger charge is 2.11. The maximum atomic E-state index is 11.3. The summed E-state index contributed by atoms with van der Waals surface area (Å²) in [6.07, 6.45) is 1.44. The topological polar surface area (TPSA) is 69.0 Å². The van der Waals surface area contributed by atoms with Crippen LogP contribution in [0, 0.1) is 11.3 Å². The zero-order valence-corrected chi connectivity index (χ0v) is 9.25. The van der Waals surface area contributed by atoms with Gasteiger partial charge >= 0.3 is 6.03 Å². The molecule has 15 heavy (non-hydrogen) atoms. The second kappa shape index (κ2) is 4.66. The van der Waals surface area contributed by atoms with E-state index in [0.717, 1.165) is 0 Å². The van der Waals surface area contributed by atoms with Crippen molar-refractivity contribution < 1.29 is 4.79 Å². The SMILES string of the molecule is CNC(=O)N(C)c1cc(C#N)c(S)cn1. The molecule has 1 heterocycles. The highest BCUT2D eigenvalue weighted by Crippen LogP contribution is 2.17. The lowest BCUT2D eigenvalue weighted by Gasteiger charge is -2.15. The fourth-order valence-corrected chi connectivity index (χ4v) is 1.15. The zero-order valence-electron chi connectivity index (χ0n) is 8.35. The Bertz CT molecular complexity index is 427. The third kappa shape index (κ3) is 2.39. The van der Waals surface area contributed by atoms with Gasteiger partial charge in [0.1, 0.15) is 11.9 Å². The average Bonchev–Trinajstić information content (AvgIpc) is 2.27. The molecule has 0 aliphatic rings. The normalized spacial score (nSPS) is 9.20. The summed E-state index contributed by atoms with van der Waals surface area (Å²) in [5, 5.41) is 11.2. The lowest BCUT2D eigenvalue weighted by atomic mass is 10.3. The molecule has 0 radical (unpaired) electrons. The molecule has 0 bridgehead atoms. The van der Waals surface area contributed by atoms with E-state index >= 15 is 0 Å². The summed E-state index contributed by atoms with van der Waals surface area (Å²) in [4.78, 5) is 17.1. The first-order valence-electron chi connectivity index (χ1n) is 4.14. The molecule has 0 aliphatic carbocycles. The molecule has 2 amide bonds. The molecule has 6 heteroatoms. The zero-order chi connectivity index (χ0) is 11.4. The maximum absolute atomic E-state index is 11.3. The Morgan fingerprint density at radius 2 is 2.40 bits per heavy atom. The molecule has 5 nitrogen and oxygen atoms in total. The van der Waals surface area contributed by atoms with E-state index < -0.39 is 0 Å². The van der Waals surface area contributed by atoms with Crippen LogP contribution in [0.15, 0.2) is 17.2 Å². The quantitative estimate of drug-likeness (QED) is 0.697. The Kier molecular flexibility index (Phi) is 3.52. The molecule has 0 unspecified atom stereocenters. The number of carbonyl (C=O) groups is 1. The van der Waals surface area contributed by atoms with Gasteiger partial charge in [0.15, 0.2) is 0 Å². The van der Waals surface area contributed by atoms with E-state index in [9.17, 15) is 4.79 Å². The van der Waals surface area contributed by atoms with Crippen molar-refractivity contribution in [2.45, 2.75) is 4.90 Å². The fourth-order valence-electron chi connectivity index (χ4n) is 0.982. The van der Waals surface area contributed by atoms with Crippen LogP contribution in [0.5, 0.6) is 0 Å². The molecular weight excluding hydrogens is 212 g/mol. The van der Waals surface area contributed by atoms with E-state index in [1.807, 2.05) is 6.07 Å². The summed E-state index contributed by atoms with van der Waals surface area (Å²) in [6.45, 7) is 0. The standard InChI is InChI=1S/C9H10N4OS/c1-11-9(14)13(2)8-3-6(4-10)7(15)5-12-8/h3,5,15H,1-2H3,(H,11,14). The molecule has 0 aliphatic heterocycles. The van der Waals surface area contributed by atoms with E-state index in [1.54, 1.807) is 7.05 Å². The third-order valence-electron chi connectivity index (χ3n) is 1.85. The molecule has 1 rings (SSSR count). The third-order valence-corrected chi connectivity index (χ3v) is 2.21. The molecule has 0 saturated carbocycles. The van der Waals surface area contributed by atoms with Crippen LogP contribution < -0.4 is 10.2 Å². The molecular formula is C9H10N4OS. The first kappa shape index (κ1) is 11.3. The maximum Gasteiger partial charge on any atom is 0.322 e. The monoisotopic (exact) mass is 222 g/mol. The summed E-state index contributed by atoms with van der Waals surface area (Å²) < 4.78 is 0. The second-order valence-electron chi connectivity index (χ2n) is 2.79. The van der Waals surface area contributed by atoms with Crippen molar-refractivity contribution in [3.05, 3.63) is 17.8 Å². The Morgan fingerprint density at radius 1 is 1.73 bits per heavy atom. The number of aromatic nitrogens is 1. The first-order chi connectivity index (χ1) is 7.10. The summed E-state index contributed by atoms with van der Waals surface area (Å²) >= 11 is 4.06. The summed E-state index contributed by atoms with van der Waals surface area (Å²) in [7, 11) is 3.09. The van der Waals surface area contributed by atoms with Gasteiger partial charge in [0.2, 0.25) is 0 Å². The van der Waals surface area contributed by atoms with Gasteiger partial charge in [-0.3, -0.25) is 4.90 Å². The Morgan fingerprint density at radius 3 is 2.93 bits per heavy atom. The minimum absolute atomic E-state index is 0.293. The number of carbonyl (C=O) groups excluding carboxylic acids is 1. The molecule has 1 N–H and O–H groups in total. The van der Waals surface area contributed by atoms with Crippen LogP contribution >= 0.6 is 12.6 Å². The van der Waals surface area contributed by atoms with Crippen molar-refractivity contribution in [2.75, 3.05) is 19.0 Å². The Hall–Kier alpha value is -1.74. The minimum Gasteiger partial charge on any atom is -0.341 e. The average molecular weight is 222 g/mol. The smallest absolute Gasteiger partial charge is 0.322 e. The first-order valence-corrected chi connectivity index (χ1v) is 4.59. The summed E-state index contributed by atoms with van der Waals surface area (Å²) in [6, 6.07) is 3.19. The summed E-state index contributed by atoms with van der Waals surface area (Å²) in [5.74, 6) is 0.406. The van der Waals surface area contributed by atoms with Gasteiger partial charge < -0.3 is 5.32 Å². The highest BCUT2D eigenvalue weighted by molar-refractivity contribution is 7.80. The van der Waals surface area contributed by atoms with Gasteiger partial charge in [-0.05, 0) is 0 Å². The van der Waals surface area contributed by atoms with Crippen molar-refractivity contribution in [2.24, 2.45) is 0 Å². The molecule has 0 aromatic carbocycles. The number of pyridine rings is 1. The Balaban J connectivity index is 3.07. The number of nitrogens with zero attached hydrogens (tertiary/aromatic N) is 3. The number of thiol groups is 1. The molecule has 0 atom stereocenters. The lowest BCUT2D eigenvalue weighted by molar-refractivity contribution is 0.249. The van der Waals surface area contributed by atoms with E-state index in [0.29, 0.717) is 16.3 Å². The van der Waals surface area contributed by atoms with Gasteiger partial charge in [-0.15, -0.1) is 12.6 Å². The largest absolute Gasteiger partial charge is 0.341 e. The number of amides is 2. The van der Waals surface area contributed by atoms with Gasteiger partial charge in [0.25, 0.3) is 0 Å². The number of hydrogen-bond acceptors (Lipinski definition) is 4. The molecule has 1 aromatic rings. The van der Waals surface area contributed by atoms with E-state index in [1.165, 1.54) is 24.2 Å². The van der Waals surface area contributed by atoms with Crippen molar-refractivity contribution >= 4 is 24.5 Å². The van der Waals surface area contributed by atoms with E-state index in [4.69, 9.17) is 5.26 Å². The number of anilines is 1. The number of urea groups is 1. The highest BCUT2D eigenvalue weighted by atomic mass is 32.1. The van der Waals surface area contributed by atoms with Crippen LogP contribution in [0.25, 0.3) is 0 Å². The molecule has 78 valence electrons. The van der Waals surface area contributed by atoms with Crippen LogP contribution in [-0.4, -0.2) is 25.1 Å². The summed E-state index contributed by atoms with van der Waals surface area (Å²) in [5.41, 5.74) is 0.388. The van der Waals surface area contributed by atoms with Crippen LogP contribution in [0.2, 0.25) is 0 Å². The Labute approximate surface area is 93.1 Å². The van der Waals surface area contributed by atoms with Crippen molar-refractivity contribution in [3.8, 4) is 6.07 Å². The fraction of sp³-hybridized carbons (Fsp3) is 0.222. The number of rotatable bonds is 1. The van der Waals surface area contributed by atoms with Crippen molar-refractivity contribution in [1.29, 1.82) is 5.26 Å². The van der Waals surface area contributed by atoms with Crippen molar-refractivity contribution in [3.63, 3.8) is 0 Å². The molecule has 0 fully saturated rings. The molecule has 0 saturated heterocycles. The van der Waals surface area contributed by atoms with Crippen LogP contribution in [-0.2, 0) is 0 Å². The number of hydrogen-bond donors (Lipinski definition) is 2. The predicted octanol–water partition coefficient (Wildman–Crippen LogP) is 1.02. The van der Waals surface area contributed by atoms with Gasteiger partial charge in [-0.25, -0.2) is 9.78 Å². The minimum atomic E-state index is -0.293. The van der Waals surface area contributed by atoms with Crippen molar-refractivity contribution in [1.82, 2.24) is 10.3 Å². The predicted molar refractivity (Wildman–Crippen MR) is 59.1 cm³/mol. The molecule has 0 spiro atoms. The molecule has 1 aromatic heterocycles. The van der Waals surface area contributed by atoms with Gasteiger partial charge in [-0.1, -0.05) is 0 Å². The number of nitriles is 1.